The van der Waals surface area contributed by atoms with Gasteiger partial charge in [0.2, 0.25) is 5.91 Å². The Morgan fingerprint density at radius 3 is 2.96 bits per heavy atom. The second kappa shape index (κ2) is 6.29. The fourth-order valence-corrected chi connectivity index (χ4v) is 4.25. The maximum Gasteiger partial charge on any atom is 0.257 e. The molecule has 0 N–H and O–H groups in total. The van der Waals surface area contributed by atoms with Gasteiger partial charge in [-0.2, -0.15) is 0 Å². The van der Waals surface area contributed by atoms with Gasteiger partial charge >= 0.3 is 0 Å². The number of fused-ring (bicyclic) bond motifs is 2. The normalized spacial score (nSPS) is 14.0. The monoisotopic (exact) mass is 342 g/mol. The summed E-state index contributed by atoms with van der Waals surface area (Å²) in [5.41, 5.74) is 2.58. The lowest BCUT2D eigenvalue weighted by molar-refractivity contribution is -0.116. The second-order valence-corrected chi connectivity index (χ2v) is 7.16. The van der Waals surface area contributed by atoms with Gasteiger partial charge in [0.05, 0.1) is 11.4 Å². The molecule has 2 heterocycles. The van der Waals surface area contributed by atoms with Gasteiger partial charge < -0.3 is 9.32 Å². The number of para-hydroxylation sites is 3. The Morgan fingerprint density at radius 2 is 2.04 bits per heavy atom. The molecule has 1 aliphatic rings. The van der Waals surface area contributed by atoms with Crippen LogP contribution in [-0.4, -0.2) is 28.9 Å². The van der Waals surface area contributed by atoms with Crippen LogP contribution in [0.1, 0.15) is 0 Å². The van der Waals surface area contributed by atoms with Crippen molar-refractivity contribution in [1.82, 2.24) is 4.98 Å². The van der Waals surface area contributed by atoms with Gasteiger partial charge in [0, 0.05) is 17.2 Å². The van der Waals surface area contributed by atoms with Crippen LogP contribution < -0.4 is 4.90 Å². The van der Waals surface area contributed by atoms with Crippen molar-refractivity contribution in [3.63, 3.8) is 0 Å². The van der Waals surface area contributed by atoms with E-state index in [1.54, 1.807) is 11.8 Å². The Morgan fingerprint density at radius 1 is 1.22 bits per heavy atom. The SMILES string of the molecule is O=C(CSc1nc2ccccc2o1)N1CCSc2ccccc21. The Kier molecular flexibility index (Phi) is 4.01. The first kappa shape index (κ1) is 14.7. The van der Waals surface area contributed by atoms with Crippen molar-refractivity contribution in [3.8, 4) is 0 Å². The van der Waals surface area contributed by atoms with Crippen LogP contribution in [-0.2, 0) is 4.79 Å². The summed E-state index contributed by atoms with van der Waals surface area (Å²) in [6.07, 6.45) is 0. The van der Waals surface area contributed by atoms with Crippen LogP contribution in [0.4, 0.5) is 5.69 Å². The summed E-state index contributed by atoms with van der Waals surface area (Å²) in [4.78, 5) is 20.0. The van der Waals surface area contributed by atoms with E-state index in [9.17, 15) is 4.79 Å². The highest BCUT2D eigenvalue weighted by Crippen LogP contribution is 2.35. The van der Waals surface area contributed by atoms with Gasteiger partial charge in [0.25, 0.3) is 5.22 Å². The number of benzene rings is 2. The summed E-state index contributed by atoms with van der Waals surface area (Å²) in [5.74, 6) is 1.34. The molecule has 0 saturated carbocycles. The molecule has 0 unspecified atom stereocenters. The molecule has 0 spiro atoms. The van der Waals surface area contributed by atoms with E-state index in [-0.39, 0.29) is 5.91 Å². The zero-order valence-electron chi connectivity index (χ0n) is 12.3. The molecule has 116 valence electrons. The first-order valence-electron chi connectivity index (χ1n) is 7.32. The Balaban J connectivity index is 1.48. The predicted molar refractivity (Wildman–Crippen MR) is 94.3 cm³/mol. The molecule has 3 aromatic rings. The van der Waals surface area contributed by atoms with Crippen molar-refractivity contribution in [2.45, 2.75) is 10.1 Å². The quantitative estimate of drug-likeness (QED) is 0.672. The Hall–Kier alpha value is -1.92. The molecule has 1 aromatic heterocycles. The van der Waals surface area contributed by atoms with E-state index in [2.05, 4.69) is 11.1 Å². The third kappa shape index (κ3) is 2.96. The van der Waals surface area contributed by atoms with Crippen molar-refractivity contribution in [2.75, 3.05) is 23.0 Å². The van der Waals surface area contributed by atoms with E-state index in [0.717, 1.165) is 29.1 Å². The molecule has 4 rings (SSSR count). The van der Waals surface area contributed by atoms with Crippen molar-refractivity contribution in [2.24, 2.45) is 0 Å². The molecule has 2 aromatic carbocycles. The molecule has 0 saturated heterocycles. The van der Waals surface area contributed by atoms with Crippen LogP contribution in [0.15, 0.2) is 63.1 Å². The largest absolute Gasteiger partial charge is 0.431 e. The third-order valence-electron chi connectivity index (χ3n) is 3.62. The minimum absolute atomic E-state index is 0.0880. The Bertz CT molecular complexity index is 829. The van der Waals surface area contributed by atoms with Crippen LogP contribution in [0.3, 0.4) is 0 Å². The number of carbonyl (C=O) groups is 1. The first-order chi connectivity index (χ1) is 11.3. The lowest BCUT2D eigenvalue weighted by atomic mass is 10.3. The molecule has 0 radical (unpaired) electrons. The standard InChI is InChI=1S/C17H14N2O2S2/c20-16(19-9-10-22-15-8-4-2-6-13(15)19)11-23-17-18-12-5-1-3-7-14(12)21-17/h1-8H,9-11H2. The highest BCUT2D eigenvalue weighted by molar-refractivity contribution is 8.00. The van der Waals surface area contributed by atoms with E-state index >= 15 is 0 Å². The fraction of sp³-hybridized carbons (Fsp3) is 0.176. The molecule has 0 atom stereocenters. The second-order valence-electron chi connectivity index (χ2n) is 5.10. The molecule has 1 amide bonds. The Labute approximate surface area is 142 Å². The molecule has 23 heavy (non-hydrogen) atoms. The van der Waals surface area contributed by atoms with E-state index < -0.39 is 0 Å². The molecule has 6 heteroatoms. The number of anilines is 1. The lowest BCUT2D eigenvalue weighted by Crippen LogP contribution is -2.36. The molecule has 0 bridgehead atoms. The average Bonchev–Trinajstić information content (AvgIpc) is 3.02. The van der Waals surface area contributed by atoms with Gasteiger partial charge in [-0.05, 0) is 24.3 Å². The number of amides is 1. The number of hydrogen-bond donors (Lipinski definition) is 0. The highest BCUT2D eigenvalue weighted by atomic mass is 32.2. The van der Waals surface area contributed by atoms with Crippen molar-refractivity contribution in [1.29, 1.82) is 0 Å². The number of carbonyl (C=O) groups excluding carboxylic acids is 1. The van der Waals surface area contributed by atoms with E-state index in [4.69, 9.17) is 4.42 Å². The van der Waals surface area contributed by atoms with Crippen LogP contribution >= 0.6 is 23.5 Å². The summed E-state index contributed by atoms with van der Waals surface area (Å²) < 4.78 is 5.65. The summed E-state index contributed by atoms with van der Waals surface area (Å²) in [7, 11) is 0. The first-order valence-corrected chi connectivity index (χ1v) is 9.29. The van der Waals surface area contributed by atoms with Gasteiger partial charge in [0.1, 0.15) is 5.52 Å². The highest BCUT2D eigenvalue weighted by Gasteiger charge is 2.23. The summed E-state index contributed by atoms with van der Waals surface area (Å²) in [5, 5.41) is 0.541. The van der Waals surface area contributed by atoms with Crippen LogP contribution in [0, 0.1) is 0 Å². The van der Waals surface area contributed by atoms with Gasteiger partial charge in [-0.3, -0.25) is 4.79 Å². The maximum absolute atomic E-state index is 12.6. The van der Waals surface area contributed by atoms with Crippen LogP contribution in [0.25, 0.3) is 11.1 Å². The number of hydrogen-bond acceptors (Lipinski definition) is 5. The summed E-state index contributed by atoms with van der Waals surface area (Å²) >= 11 is 3.14. The molecular formula is C17H14N2O2S2. The summed E-state index contributed by atoms with van der Waals surface area (Å²) in [6.45, 7) is 0.745. The lowest BCUT2D eigenvalue weighted by Gasteiger charge is -2.28. The minimum Gasteiger partial charge on any atom is -0.431 e. The number of oxazole rings is 1. The van der Waals surface area contributed by atoms with Crippen LogP contribution in [0.2, 0.25) is 0 Å². The number of rotatable bonds is 3. The number of nitrogens with zero attached hydrogens (tertiary/aromatic N) is 2. The fourth-order valence-electron chi connectivity index (χ4n) is 2.54. The van der Waals surface area contributed by atoms with Crippen molar-refractivity contribution < 1.29 is 9.21 Å². The van der Waals surface area contributed by atoms with Gasteiger partial charge in [-0.15, -0.1) is 11.8 Å². The third-order valence-corrected chi connectivity index (χ3v) is 5.48. The van der Waals surface area contributed by atoms with Gasteiger partial charge in [-0.1, -0.05) is 36.0 Å². The molecule has 1 aliphatic heterocycles. The maximum atomic E-state index is 12.6. The topological polar surface area (TPSA) is 46.3 Å². The van der Waals surface area contributed by atoms with Crippen LogP contribution in [0.5, 0.6) is 0 Å². The van der Waals surface area contributed by atoms with E-state index in [0.29, 0.717) is 11.0 Å². The van der Waals surface area contributed by atoms with Gasteiger partial charge in [-0.25, -0.2) is 4.98 Å². The summed E-state index contributed by atoms with van der Waals surface area (Å²) in [6, 6.07) is 15.7. The average molecular weight is 342 g/mol. The minimum atomic E-state index is 0.0880. The number of aromatic nitrogens is 1. The van der Waals surface area contributed by atoms with E-state index in [1.807, 2.05) is 47.4 Å². The van der Waals surface area contributed by atoms with E-state index in [1.165, 1.54) is 16.7 Å². The molecule has 4 nitrogen and oxygen atoms in total. The molecular weight excluding hydrogens is 328 g/mol. The van der Waals surface area contributed by atoms with Crippen molar-refractivity contribution in [3.05, 3.63) is 48.5 Å². The molecule has 0 fully saturated rings. The predicted octanol–water partition coefficient (Wildman–Crippen LogP) is 4.06. The smallest absolute Gasteiger partial charge is 0.257 e. The molecule has 0 aliphatic carbocycles. The van der Waals surface area contributed by atoms with Crippen molar-refractivity contribution >= 4 is 46.2 Å². The zero-order chi connectivity index (χ0) is 15.6. The van der Waals surface area contributed by atoms with Gasteiger partial charge in [0.15, 0.2) is 5.58 Å². The number of thioether (sulfide) groups is 2. The zero-order valence-corrected chi connectivity index (χ0v) is 13.9.